The van der Waals surface area contributed by atoms with Crippen LogP contribution in [0, 0.1) is 5.41 Å². The molecular weight excluding hydrogens is 236 g/mol. The summed E-state index contributed by atoms with van der Waals surface area (Å²) in [7, 11) is 0. The molecule has 1 heterocycles. The van der Waals surface area contributed by atoms with Crippen molar-refractivity contribution >= 4 is 5.91 Å². The van der Waals surface area contributed by atoms with Gasteiger partial charge in [0, 0.05) is 25.2 Å². The Bertz CT molecular complexity index is 452. The van der Waals surface area contributed by atoms with E-state index in [1.165, 1.54) is 0 Å². The summed E-state index contributed by atoms with van der Waals surface area (Å²) in [5, 5.41) is 0. The third-order valence-corrected chi connectivity index (χ3v) is 4.64. The Balaban J connectivity index is 2.13. The smallest absolute Gasteiger partial charge is 0.253 e. The molecule has 0 radical (unpaired) electrons. The number of likely N-dealkylation sites (tertiary alicyclic amines) is 1. The SMILES string of the molecule is CCC1(CC)CCN(C(=O)c2cccc(CN)c2)C1. The van der Waals surface area contributed by atoms with Crippen LogP contribution in [0.15, 0.2) is 24.3 Å². The molecule has 1 aliphatic heterocycles. The van der Waals surface area contributed by atoms with Crippen LogP contribution in [-0.4, -0.2) is 23.9 Å². The normalized spacial score (nSPS) is 17.7. The van der Waals surface area contributed by atoms with Crippen LogP contribution in [0.3, 0.4) is 0 Å². The first-order valence-electron chi connectivity index (χ1n) is 7.22. The largest absolute Gasteiger partial charge is 0.338 e. The van der Waals surface area contributed by atoms with Crippen molar-refractivity contribution in [3.05, 3.63) is 35.4 Å². The van der Waals surface area contributed by atoms with E-state index in [-0.39, 0.29) is 5.91 Å². The van der Waals surface area contributed by atoms with E-state index >= 15 is 0 Å². The highest BCUT2D eigenvalue weighted by Gasteiger charge is 2.37. The molecule has 2 N–H and O–H groups in total. The molecule has 0 spiro atoms. The van der Waals surface area contributed by atoms with Gasteiger partial charge in [0.05, 0.1) is 0 Å². The summed E-state index contributed by atoms with van der Waals surface area (Å²) in [5.41, 5.74) is 7.75. The fourth-order valence-corrected chi connectivity index (χ4v) is 2.95. The lowest BCUT2D eigenvalue weighted by molar-refractivity contribution is 0.0770. The fourth-order valence-electron chi connectivity index (χ4n) is 2.95. The van der Waals surface area contributed by atoms with Crippen LogP contribution in [0.25, 0.3) is 0 Å². The van der Waals surface area contributed by atoms with Crippen molar-refractivity contribution in [1.82, 2.24) is 4.90 Å². The minimum absolute atomic E-state index is 0.152. The zero-order chi connectivity index (χ0) is 13.9. The Morgan fingerprint density at radius 2 is 2.11 bits per heavy atom. The van der Waals surface area contributed by atoms with Crippen molar-refractivity contribution < 1.29 is 4.79 Å². The highest BCUT2D eigenvalue weighted by atomic mass is 16.2. The molecule has 1 saturated heterocycles. The van der Waals surface area contributed by atoms with Gasteiger partial charge in [-0.3, -0.25) is 4.79 Å². The van der Waals surface area contributed by atoms with Crippen LogP contribution in [0.4, 0.5) is 0 Å². The standard InChI is InChI=1S/C16H24N2O/c1-3-16(4-2)8-9-18(12-16)15(19)14-7-5-6-13(10-14)11-17/h5-7,10H,3-4,8-9,11-12,17H2,1-2H3. The Morgan fingerprint density at radius 3 is 2.68 bits per heavy atom. The Kier molecular flexibility index (Phi) is 4.25. The number of rotatable bonds is 4. The number of hydrogen-bond donors (Lipinski definition) is 1. The number of nitrogens with two attached hydrogens (primary N) is 1. The lowest BCUT2D eigenvalue weighted by atomic mass is 9.82. The van der Waals surface area contributed by atoms with E-state index in [1.807, 2.05) is 29.2 Å². The molecule has 0 aromatic heterocycles. The van der Waals surface area contributed by atoms with Gasteiger partial charge in [0.1, 0.15) is 0 Å². The maximum atomic E-state index is 12.5. The molecule has 0 atom stereocenters. The van der Waals surface area contributed by atoms with Gasteiger partial charge in [0.2, 0.25) is 0 Å². The van der Waals surface area contributed by atoms with Crippen LogP contribution in [0.1, 0.15) is 49.0 Å². The fraction of sp³-hybridized carbons (Fsp3) is 0.562. The van der Waals surface area contributed by atoms with Crippen molar-refractivity contribution in [2.75, 3.05) is 13.1 Å². The maximum absolute atomic E-state index is 12.5. The Morgan fingerprint density at radius 1 is 1.37 bits per heavy atom. The molecule has 0 unspecified atom stereocenters. The van der Waals surface area contributed by atoms with Crippen molar-refractivity contribution in [1.29, 1.82) is 0 Å². The molecule has 0 aliphatic carbocycles. The molecule has 0 saturated carbocycles. The first-order valence-corrected chi connectivity index (χ1v) is 7.22. The van der Waals surface area contributed by atoms with Crippen LogP contribution < -0.4 is 5.73 Å². The summed E-state index contributed by atoms with van der Waals surface area (Å²) in [4.78, 5) is 14.5. The third-order valence-electron chi connectivity index (χ3n) is 4.64. The zero-order valence-corrected chi connectivity index (χ0v) is 12.0. The first kappa shape index (κ1) is 14.1. The summed E-state index contributed by atoms with van der Waals surface area (Å²) in [6.07, 6.45) is 3.43. The summed E-state index contributed by atoms with van der Waals surface area (Å²) in [6, 6.07) is 7.68. The van der Waals surface area contributed by atoms with E-state index in [1.54, 1.807) is 0 Å². The van der Waals surface area contributed by atoms with Gasteiger partial charge in [0.15, 0.2) is 0 Å². The van der Waals surface area contributed by atoms with Crippen LogP contribution in [-0.2, 0) is 6.54 Å². The average Bonchev–Trinajstić information content (AvgIpc) is 2.91. The first-order chi connectivity index (χ1) is 9.14. The number of benzene rings is 1. The Labute approximate surface area is 115 Å². The molecule has 1 aromatic rings. The lowest BCUT2D eigenvalue weighted by Crippen LogP contribution is -2.31. The second-order valence-corrected chi connectivity index (χ2v) is 5.59. The quantitative estimate of drug-likeness (QED) is 0.905. The number of amides is 1. The molecule has 2 rings (SSSR count). The van der Waals surface area contributed by atoms with E-state index in [9.17, 15) is 4.79 Å². The summed E-state index contributed by atoms with van der Waals surface area (Å²) < 4.78 is 0. The average molecular weight is 260 g/mol. The highest BCUT2D eigenvalue weighted by Crippen LogP contribution is 2.37. The maximum Gasteiger partial charge on any atom is 0.253 e. The van der Waals surface area contributed by atoms with Gasteiger partial charge in [-0.05, 0) is 42.4 Å². The van der Waals surface area contributed by atoms with E-state index in [0.717, 1.165) is 43.5 Å². The summed E-state index contributed by atoms with van der Waals surface area (Å²) >= 11 is 0. The van der Waals surface area contributed by atoms with E-state index in [0.29, 0.717) is 12.0 Å². The zero-order valence-electron chi connectivity index (χ0n) is 12.0. The van der Waals surface area contributed by atoms with E-state index in [4.69, 9.17) is 5.73 Å². The molecule has 1 aliphatic rings. The summed E-state index contributed by atoms with van der Waals surface area (Å²) in [6.45, 7) is 6.72. The molecular formula is C16H24N2O. The summed E-state index contributed by atoms with van der Waals surface area (Å²) in [5.74, 6) is 0.152. The predicted molar refractivity (Wildman–Crippen MR) is 77.9 cm³/mol. The lowest BCUT2D eigenvalue weighted by Gasteiger charge is -2.26. The van der Waals surface area contributed by atoms with Crippen LogP contribution in [0.2, 0.25) is 0 Å². The molecule has 0 bridgehead atoms. The van der Waals surface area contributed by atoms with E-state index < -0.39 is 0 Å². The minimum Gasteiger partial charge on any atom is -0.338 e. The number of nitrogens with zero attached hydrogens (tertiary/aromatic N) is 1. The second-order valence-electron chi connectivity index (χ2n) is 5.59. The van der Waals surface area contributed by atoms with Crippen molar-refractivity contribution in [3.8, 4) is 0 Å². The van der Waals surface area contributed by atoms with Gasteiger partial charge >= 0.3 is 0 Å². The Hall–Kier alpha value is -1.35. The number of hydrogen-bond acceptors (Lipinski definition) is 2. The third kappa shape index (κ3) is 2.81. The van der Waals surface area contributed by atoms with Crippen molar-refractivity contribution in [3.63, 3.8) is 0 Å². The molecule has 3 heteroatoms. The van der Waals surface area contributed by atoms with Gasteiger partial charge in [-0.15, -0.1) is 0 Å². The molecule has 1 amide bonds. The molecule has 1 aromatic carbocycles. The number of carbonyl (C=O) groups excluding carboxylic acids is 1. The minimum atomic E-state index is 0.152. The highest BCUT2D eigenvalue weighted by molar-refractivity contribution is 5.94. The van der Waals surface area contributed by atoms with Gasteiger partial charge < -0.3 is 10.6 Å². The molecule has 3 nitrogen and oxygen atoms in total. The van der Waals surface area contributed by atoms with Gasteiger partial charge in [0.25, 0.3) is 5.91 Å². The van der Waals surface area contributed by atoms with Gasteiger partial charge in [-0.25, -0.2) is 0 Å². The number of carbonyl (C=O) groups is 1. The van der Waals surface area contributed by atoms with Crippen molar-refractivity contribution in [2.24, 2.45) is 11.1 Å². The van der Waals surface area contributed by atoms with Crippen LogP contribution >= 0.6 is 0 Å². The monoisotopic (exact) mass is 260 g/mol. The van der Waals surface area contributed by atoms with E-state index in [2.05, 4.69) is 13.8 Å². The van der Waals surface area contributed by atoms with Gasteiger partial charge in [-0.1, -0.05) is 26.0 Å². The van der Waals surface area contributed by atoms with Crippen molar-refractivity contribution in [2.45, 2.75) is 39.7 Å². The van der Waals surface area contributed by atoms with Crippen LogP contribution in [0.5, 0.6) is 0 Å². The second kappa shape index (κ2) is 5.74. The van der Waals surface area contributed by atoms with Gasteiger partial charge in [-0.2, -0.15) is 0 Å². The topological polar surface area (TPSA) is 46.3 Å². The predicted octanol–water partition coefficient (Wildman–Crippen LogP) is 2.80. The molecule has 104 valence electrons. The molecule has 1 fully saturated rings. The molecule has 19 heavy (non-hydrogen) atoms.